The number of nitrogens with zero attached hydrogens (tertiary/aromatic N) is 2. The molecule has 0 bridgehead atoms. The van der Waals surface area contributed by atoms with Gasteiger partial charge in [0.25, 0.3) is 0 Å². The van der Waals surface area contributed by atoms with E-state index in [1.165, 1.54) is 37.7 Å². The summed E-state index contributed by atoms with van der Waals surface area (Å²) in [6.45, 7) is 2.13. The van der Waals surface area contributed by atoms with Gasteiger partial charge < -0.3 is 10.2 Å². The maximum atomic E-state index is 6.14. The van der Waals surface area contributed by atoms with E-state index in [0.29, 0.717) is 6.10 Å². The Hall–Kier alpha value is -1.32. The Morgan fingerprint density at radius 1 is 1.33 bits per heavy atom. The predicted molar refractivity (Wildman–Crippen MR) is 72.7 cm³/mol. The van der Waals surface area contributed by atoms with Crippen LogP contribution in [0.4, 0.5) is 0 Å². The minimum atomic E-state index is 0.288. The van der Waals surface area contributed by atoms with Gasteiger partial charge in [-0.2, -0.15) is 5.10 Å². The Balaban J connectivity index is 1.79. The van der Waals surface area contributed by atoms with E-state index in [1.807, 2.05) is 6.21 Å². The molecule has 1 N–H and O–H groups in total. The van der Waals surface area contributed by atoms with Crippen molar-refractivity contribution in [2.45, 2.75) is 64.0 Å². The molecule has 1 atom stereocenters. The van der Waals surface area contributed by atoms with Crippen LogP contribution in [0.15, 0.2) is 21.6 Å². The lowest BCUT2D eigenvalue weighted by molar-refractivity contribution is 0.0789. The predicted octanol–water partition coefficient (Wildman–Crippen LogP) is 2.76. The van der Waals surface area contributed by atoms with Gasteiger partial charge in [0.2, 0.25) is 5.88 Å². The Labute approximate surface area is 108 Å². The first-order chi connectivity index (χ1) is 8.88. The van der Waals surface area contributed by atoms with Crippen molar-refractivity contribution in [3.05, 3.63) is 11.5 Å². The van der Waals surface area contributed by atoms with Crippen LogP contribution in [0.2, 0.25) is 0 Å². The van der Waals surface area contributed by atoms with Gasteiger partial charge in [-0.15, -0.1) is 0 Å². The molecule has 3 aliphatic rings. The van der Waals surface area contributed by atoms with Crippen molar-refractivity contribution < 1.29 is 4.74 Å². The Morgan fingerprint density at radius 2 is 2.17 bits per heavy atom. The smallest absolute Gasteiger partial charge is 0.220 e. The van der Waals surface area contributed by atoms with Crippen LogP contribution >= 0.6 is 0 Å². The molecule has 1 aliphatic carbocycles. The molecule has 2 heterocycles. The van der Waals surface area contributed by atoms with Crippen molar-refractivity contribution in [3.63, 3.8) is 0 Å². The average Bonchev–Trinajstić information content (AvgIpc) is 2.84. The number of ether oxygens (including phenoxy) is 1. The third kappa shape index (κ3) is 2.16. The minimum Gasteiger partial charge on any atom is -0.474 e. The van der Waals surface area contributed by atoms with Gasteiger partial charge in [-0.25, -0.2) is 4.99 Å². The fourth-order valence-corrected chi connectivity index (χ4v) is 2.94. The molecule has 0 saturated heterocycles. The van der Waals surface area contributed by atoms with Crippen LogP contribution in [0.25, 0.3) is 0 Å². The zero-order valence-corrected chi connectivity index (χ0v) is 11.0. The summed E-state index contributed by atoms with van der Waals surface area (Å²) in [7, 11) is 0. The number of hydrazone groups is 1. The standard InChI is InChI=1S/C14H21N3O/c1-2-11-13-12(17-16-11)8-9-15-14(13)18-10-6-4-3-5-7-10/h9-10,12,17H,2-8H2,1H3. The van der Waals surface area contributed by atoms with Crippen LogP contribution in [0.5, 0.6) is 0 Å². The first-order valence-electron chi connectivity index (χ1n) is 7.14. The van der Waals surface area contributed by atoms with Gasteiger partial charge in [-0.1, -0.05) is 13.3 Å². The highest BCUT2D eigenvalue weighted by molar-refractivity contribution is 6.03. The van der Waals surface area contributed by atoms with Crippen molar-refractivity contribution in [1.29, 1.82) is 0 Å². The normalized spacial score (nSPS) is 27.8. The van der Waals surface area contributed by atoms with Crippen LogP contribution in [0.3, 0.4) is 0 Å². The number of hydrogen-bond donors (Lipinski definition) is 1. The molecule has 1 fully saturated rings. The highest BCUT2D eigenvalue weighted by atomic mass is 16.5. The third-order valence-corrected chi connectivity index (χ3v) is 3.96. The average molecular weight is 247 g/mol. The maximum absolute atomic E-state index is 6.14. The first kappa shape index (κ1) is 11.8. The number of fused-ring (bicyclic) bond motifs is 1. The van der Waals surface area contributed by atoms with E-state index in [-0.39, 0.29) is 6.04 Å². The molecule has 2 aliphatic heterocycles. The summed E-state index contributed by atoms with van der Waals surface area (Å²) >= 11 is 0. The number of aliphatic imine (C=N–C) groups is 1. The first-order valence-corrected chi connectivity index (χ1v) is 7.14. The van der Waals surface area contributed by atoms with E-state index in [2.05, 4.69) is 22.4 Å². The zero-order valence-electron chi connectivity index (χ0n) is 11.0. The summed E-state index contributed by atoms with van der Waals surface area (Å²) in [4.78, 5) is 4.48. The summed E-state index contributed by atoms with van der Waals surface area (Å²) in [6, 6.07) is 0.288. The number of rotatable bonds is 3. The van der Waals surface area contributed by atoms with E-state index in [4.69, 9.17) is 4.74 Å². The molecule has 4 nitrogen and oxygen atoms in total. The molecule has 0 amide bonds. The maximum Gasteiger partial charge on any atom is 0.220 e. The molecule has 0 aromatic carbocycles. The van der Waals surface area contributed by atoms with Gasteiger partial charge in [0, 0.05) is 12.6 Å². The van der Waals surface area contributed by atoms with E-state index >= 15 is 0 Å². The van der Waals surface area contributed by atoms with Gasteiger partial charge >= 0.3 is 0 Å². The second-order valence-electron chi connectivity index (χ2n) is 5.24. The fourth-order valence-electron chi connectivity index (χ4n) is 2.94. The Kier molecular flexibility index (Phi) is 3.35. The van der Waals surface area contributed by atoms with Crippen molar-refractivity contribution in [2.75, 3.05) is 0 Å². The third-order valence-electron chi connectivity index (χ3n) is 3.96. The summed E-state index contributed by atoms with van der Waals surface area (Å²) in [5.41, 5.74) is 5.50. The highest BCUT2D eigenvalue weighted by Crippen LogP contribution is 2.29. The van der Waals surface area contributed by atoms with Gasteiger partial charge in [-0.05, 0) is 32.1 Å². The summed E-state index contributed by atoms with van der Waals surface area (Å²) in [5, 5.41) is 4.39. The lowest BCUT2D eigenvalue weighted by Crippen LogP contribution is -2.28. The molecule has 1 saturated carbocycles. The number of nitrogens with one attached hydrogen (secondary N) is 1. The molecule has 3 rings (SSSR count). The molecule has 0 aromatic heterocycles. The van der Waals surface area contributed by atoms with E-state index in [1.54, 1.807) is 0 Å². The van der Waals surface area contributed by atoms with Crippen LogP contribution in [0.1, 0.15) is 51.9 Å². The zero-order chi connectivity index (χ0) is 12.4. The SMILES string of the molecule is CCC1=NNC2CC=NC(OC3CCCCC3)=C12. The molecular weight excluding hydrogens is 226 g/mol. The second-order valence-corrected chi connectivity index (χ2v) is 5.24. The van der Waals surface area contributed by atoms with Crippen molar-refractivity contribution in [3.8, 4) is 0 Å². The second kappa shape index (κ2) is 5.12. The molecule has 1 unspecified atom stereocenters. The van der Waals surface area contributed by atoms with Crippen molar-refractivity contribution >= 4 is 11.9 Å². The van der Waals surface area contributed by atoms with Crippen LogP contribution in [-0.4, -0.2) is 24.1 Å². The Morgan fingerprint density at radius 3 is 2.94 bits per heavy atom. The lowest BCUT2D eigenvalue weighted by atomic mass is 9.96. The largest absolute Gasteiger partial charge is 0.474 e. The summed E-state index contributed by atoms with van der Waals surface area (Å²) in [5.74, 6) is 0.823. The van der Waals surface area contributed by atoms with Gasteiger partial charge in [0.1, 0.15) is 6.10 Å². The molecule has 0 radical (unpaired) electrons. The number of hydrogen-bond acceptors (Lipinski definition) is 4. The monoisotopic (exact) mass is 247 g/mol. The topological polar surface area (TPSA) is 46.0 Å². The van der Waals surface area contributed by atoms with Crippen LogP contribution in [-0.2, 0) is 4.74 Å². The molecule has 4 heteroatoms. The lowest BCUT2D eigenvalue weighted by Gasteiger charge is -2.26. The van der Waals surface area contributed by atoms with Crippen LogP contribution in [0, 0.1) is 0 Å². The summed E-state index contributed by atoms with van der Waals surface area (Å²) < 4.78 is 6.14. The molecule has 0 aromatic rings. The fraction of sp³-hybridized carbons (Fsp3) is 0.714. The molecule has 98 valence electrons. The van der Waals surface area contributed by atoms with E-state index < -0.39 is 0 Å². The van der Waals surface area contributed by atoms with Crippen molar-refractivity contribution in [1.82, 2.24) is 5.43 Å². The van der Waals surface area contributed by atoms with E-state index in [9.17, 15) is 0 Å². The van der Waals surface area contributed by atoms with E-state index in [0.717, 1.165) is 24.4 Å². The van der Waals surface area contributed by atoms with Crippen molar-refractivity contribution in [2.24, 2.45) is 10.1 Å². The van der Waals surface area contributed by atoms with Crippen LogP contribution < -0.4 is 5.43 Å². The minimum absolute atomic E-state index is 0.288. The van der Waals surface area contributed by atoms with Gasteiger partial charge in [0.05, 0.1) is 17.3 Å². The molecule has 18 heavy (non-hydrogen) atoms. The quantitative estimate of drug-likeness (QED) is 0.833. The highest BCUT2D eigenvalue weighted by Gasteiger charge is 2.31. The molecular formula is C14H21N3O. The van der Waals surface area contributed by atoms with Gasteiger partial charge in [-0.3, -0.25) is 0 Å². The van der Waals surface area contributed by atoms with Gasteiger partial charge in [0.15, 0.2) is 0 Å². The molecule has 0 spiro atoms. The summed E-state index contributed by atoms with van der Waals surface area (Å²) in [6.07, 6.45) is 10.4. The Bertz CT molecular complexity index is 405.